The molecule has 0 aliphatic carbocycles. The molecule has 0 saturated carbocycles. The molecule has 1 aliphatic rings. The van der Waals surface area contributed by atoms with Gasteiger partial charge in [0.25, 0.3) is 5.91 Å². The molecule has 1 saturated heterocycles. The van der Waals surface area contributed by atoms with Gasteiger partial charge in [-0.05, 0) is 43.5 Å². The Hall–Kier alpha value is -2.50. The standard InChI is InChI=1S/C17H19FN4O/c1-12-9-13(18)4-5-16(12)22-8-2-3-14(11-22)21-17(23)15-10-19-6-7-20-15/h4-7,9-10,14H,2-3,8,11H2,1H3,(H,21,23)/t14-/m1/s1. The number of anilines is 1. The first-order valence-electron chi connectivity index (χ1n) is 7.71. The zero-order valence-electron chi connectivity index (χ0n) is 13.0. The van der Waals surface area contributed by atoms with Crippen LogP contribution >= 0.6 is 0 Å². The van der Waals surface area contributed by atoms with Gasteiger partial charge in [0.2, 0.25) is 0 Å². The fraction of sp³-hybridized carbons (Fsp3) is 0.353. The maximum atomic E-state index is 13.3. The molecule has 0 bridgehead atoms. The number of piperidine rings is 1. The molecule has 1 aliphatic heterocycles. The first-order valence-corrected chi connectivity index (χ1v) is 7.71. The van der Waals surface area contributed by atoms with E-state index in [0.717, 1.165) is 30.6 Å². The number of aromatic nitrogens is 2. The summed E-state index contributed by atoms with van der Waals surface area (Å²) in [4.78, 5) is 22.3. The Morgan fingerprint density at radius 1 is 1.39 bits per heavy atom. The molecule has 0 spiro atoms. The molecule has 1 N–H and O–H groups in total. The average Bonchev–Trinajstić information content (AvgIpc) is 2.56. The number of carbonyl (C=O) groups excluding carboxylic acids is 1. The summed E-state index contributed by atoms with van der Waals surface area (Å²) in [5.74, 6) is -0.434. The van der Waals surface area contributed by atoms with E-state index in [-0.39, 0.29) is 17.8 Å². The van der Waals surface area contributed by atoms with E-state index in [1.165, 1.54) is 30.7 Å². The smallest absolute Gasteiger partial charge is 0.271 e. The summed E-state index contributed by atoms with van der Waals surface area (Å²) in [5, 5.41) is 3.01. The summed E-state index contributed by atoms with van der Waals surface area (Å²) < 4.78 is 13.3. The van der Waals surface area contributed by atoms with Crippen molar-refractivity contribution in [1.29, 1.82) is 0 Å². The first kappa shape index (κ1) is 15.4. The number of nitrogens with one attached hydrogen (secondary N) is 1. The third-order valence-corrected chi connectivity index (χ3v) is 4.05. The zero-order chi connectivity index (χ0) is 16.2. The van der Waals surface area contributed by atoms with E-state index in [1.54, 1.807) is 6.07 Å². The van der Waals surface area contributed by atoms with Crippen LogP contribution in [0.25, 0.3) is 0 Å². The Morgan fingerprint density at radius 2 is 2.26 bits per heavy atom. The van der Waals surface area contributed by atoms with Gasteiger partial charge in [-0.1, -0.05) is 0 Å². The summed E-state index contributed by atoms with van der Waals surface area (Å²) in [5.41, 5.74) is 2.25. The van der Waals surface area contributed by atoms with Gasteiger partial charge < -0.3 is 10.2 Å². The van der Waals surface area contributed by atoms with Crippen molar-refractivity contribution in [1.82, 2.24) is 15.3 Å². The molecule has 3 rings (SSSR count). The molecule has 120 valence electrons. The molecule has 1 amide bonds. The van der Waals surface area contributed by atoms with Gasteiger partial charge in [0.05, 0.1) is 6.20 Å². The highest BCUT2D eigenvalue weighted by Crippen LogP contribution is 2.24. The molecular weight excluding hydrogens is 295 g/mol. The fourth-order valence-corrected chi connectivity index (χ4v) is 2.96. The molecule has 0 radical (unpaired) electrons. The number of carbonyl (C=O) groups is 1. The number of halogens is 1. The SMILES string of the molecule is Cc1cc(F)ccc1N1CCC[C@@H](NC(=O)c2cnccn2)C1. The van der Waals surface area contributed by atoms with Gasteiger partial charge in [-0.3, -0.25) is 9.78 Å². The topological polar surface area (TPSA) is 58.1 Å². The first-order chi connectivity index (χ1) is 11.1. The summed E-state index contributed by atoms with van der Waals surface area (Å²) in [6, 6.07) is 4.86. The van der Waals surface area contributed by atoms with Crippen molar-refractivity contribution in [3.05, 3.63) is 53.9 Å². The van der Waals surface area contributed by atoms with E-state index in [0.29, 0.717) is 12.2 Å². The van der Waals surface area contributed by atoms with Crippen LogP contribution in [-0.4, -0.2) is 35.0 Å². The molecule has 1 atom stereocenters. The second-order valence-corrected chi connectivity index (χ2v) is 5.78. The normalized spacial score (nSPS) is 17.8. The highest BCUT2D eigenvalue weighted by Gasteiger charge is 2.23. The molecule has 1 aromatic heterocycles. The largest absolute Gasteiger partial charge is 0.369 e. The lowest BCUT2D eigenvalue weighted by atomic mass is 10.0. The van der Waals surface area contributed by atoms with Crippen molar-refractivity contribution in [2.24, 2.45) is 0 Å². The zero-order valence-corrected chi connectivity index (χ0v) is 13.0. The maximum absolute atomic E-state index is 13.3. The van der Waals surface area contributed by atoms with Crippen molar-refractivity contribution in [2.45, 2.75) is 25.8 Å². The Labute approximate surface area is 134 Å². The van der Waals surface area contributed by atoms with Crippen LogP contribution in [0.4, 0.5) is 10.1 Å². The summed E-state index contributed by atoms with van der Waals surface area (Å²) >= 11 is 0. The number of nitrogens with zero attached hydrogens (tertiary/aromatic N) is 3. The third kappa shape index (κ3) is 3.64. The maximum Gasteiger partial charge on any atom is 0.271 e. The van der Waals surface area contributed by atoms with Crippen molar-refractivity contribution in [2.75, 3.05) is 18.0 Å². The van der Waals surface area contributed by atoms with Crippen LogP contribution in [0.3, 0.4) is 0 Å². The highest BCUT2D eigenvalue weighted by molar-refractivity contribution is 5.92. The summed E-state index contributed by atoms with van der Waals surface area (Å²) in [6.45, 7) is 3.52. The highest BCUT2D eigenvalue weighted by atomic mass is 19.1. The number of hydrogen-bond acceptors (Lipinski definition) is 4. The van der Waals surface area contributed by atoms with Crippen LogP contribution in [0.2, 0.25) is 0 Å². The number of rotatable bonds is 3. The molecule has 6 heteroatoms. The molecular formula is C17H19FN4O. The van der Waals surface area contributed by atoms with E-state index >= 15 is 0 Å². The third-order valence-electron chi connectivity index (χ3n) is 4.05. The summed E-state index contributed by atoms with van der Waals surface area (Å²) in [6.07, 6.45) is 6.39. The van der Waals surface area contributed by atoms with Crippen LogP contribution in [0.15, 0.2) is 36.8 Å². The Morgan fingerprint density at radius 3 is 3.00 bits per heavy atom. The minimum Gasteiger partial charge on any atom is -0.369 e. The lowest BCUT2D eigenvalue weighted by molar-refractivity contribution is 0.0927. The van der Waals surface area contributed by atoms with Crippen molar-refractivity contribution in [3.63, 3.8) is 0 Å². The monoisotopic (exact) mass is 314 g/mol. The van der Waals surface area contributed by atoms with Crippen molar-refractivity contribution >= 4 is 11.6 Å². The summed E-state index contributed by atoms with van der Waals surface area (Å²) in [7, 11) is 0. The molecule has 2 aromatic rings. The average molecular weight is 314 g/mol. The minimum absolute atomic E-state index is 0.0442. The van der Waals surface area contributed by atoms with Gasteiger partial charge in [-0.15, -0.1) is 0 Å². The number of aryl methyl sites for hydroxylation is 1. The van der Waals surface area contributed by atoms with Gasteiger partial charge in [0.1, 0.15) is 11.5 Å². The van der Waals surface area contributed by atoms with E-state index in [2.05, 4.69) is 20.2 Å². The van der Waals surface area contributed by atoms with Crippen molar-refractivity contribution in [3.8, 4) is 0 Å². The molecule has 5 nitrogen and oxygen atoms in total. The fourth-order valence-electron chi connectivity index (χ4n) is 2.96. The minimum atomic E-state index is -0.226. The molecule has 0 unspecified atom stereocenters. The number of benzene rings is 1. The second-order valence-electron chi connectivity index (χ2n) is 5.78. The van der Waals surface area contributed by atoms with Gasteiger partial charge in [-0.2, -0.15) is 0 Å². The van der Waals surface area contributed by atoms with E-state index < -0.39 is 0 Å². The quantitative estimate of drug-likeness (QED) is 0.944. The van der Waals surface area contributed by atoms with Gasteiger partial charge in [0.15, 0.2) is 0 Å². The van der Waals surface area contributed by atoms with Crippen LogP contribution in [-0.2, 0) is 0 Å². The van der Waals surface area contributed by atoms with Crippen LogP contribution in [0, 0.1) is 12.7 Å². The predicted molar refractivity (Wildman–Crippen MR) is 85.9 cm³/mol. The van der Waals surface area contributed by atoms with Crippen LogP contribution in [0.5, 0.6) is 0 Å². The number of amides is 1. The molecule has 2 heterocycles. The van der Waals surface area contributed by atoms with Crippen LogP contribution < -0.4 is 10.2 Å². The lowest BCUT2D eigenvalue weighted by Gasteiger charge is -2.35. The Kier molecular flexibility index (Phi) is 4.50. The van der Waals surface area contributed by atoms with Crippen molar-refractivity contribution < 1.29 is 9.18 Å². The lowest BCUT2D eigenvalue weighted by Crippen LogP contribution is -2.48. The van der Waals surface area contributed by atoms with Gasteiger partial charge >= 0.3 is 0 Å². The Balaban J connectivity index is 1.67. The predicted octanol–water partition coefficient (Wildman–Crippen LogP) is 2.32. The van der Waals surface area contributed by atoms with E-state index in [1.807, 2.05) is 6.92 Å². The molecule has 23 heavy (non-hydrogen) atoms. The van der Waals surface area contributed by atoms with E-state index in [4.69, 9.17) is 0 Å². The molecule has 1 aromatic carbocycles. The molecule has 1 fully saturated rings. The Bertz CT molecular complexity index is 692. The van der Waals surface area contributed by atoms with E-state index in [9.17, 15) is 9.18 Å². The van der Waals surface area contributed by atoms with Gasteiger partial charge in [-0.25, -0.2) is 9.37 Å². The number of hydrogen-bond donors (Lipinski definition) is 1. The second kappa shape index (κ2) is 6.73. The van der Waals surface area contributed by atoms with Gasteiger partial charge in [0, 0.05) is 37.2 Å². The van der Waals surface area contributed by atoms with Crippen LogP contribution in [0.1, 0.15) is 28.9 Å².